The van der Waals surface area contributed by atoms with Crippen molar-refractivity contribution in [2.75, 3.05) is 6.61 Å². The van der Waals surface area contributed by atoms with Gasteiger partial charge in [0.2, 0.25) is 0 Å². The second-order valence-electron chi connectivity index (χ2n) is 4.18. The van der Waals surface area contributed by atoms with Gasteiger partial charge in [0, 0.05) is 11.4 Å². The highest BCUT2D eigenvalue weighted by Crippen LogP contribution is 2.21. The van der Waals surface area contributed by atoms with Crippen LogP contribution in [0.5, 0.6) is 5.75 Å². The number of carbonyl (C=O) groups excluding carboxylic acids is 2. The van der Waals surface area contributed by atoms with Crippen molar-refractivity contribution in [3.63, 3.8) is 0 Å². The average molecular weight is 253 g/mol. The fourth-order valence-electron chi connectivity index (χ4n) is 1.83. The predicted molar refractivity (Wildman–Crippen MR) is 64.3 cm³/mol. The van der Waals surface area contributed by atoms with Gasteiger partial charge in [0.05, 0.1) is 18.9 Å². The Labute approximate surface area is 105 Å². The Hall–Kier alpha value is -1.35. The van der Waals surface area contributed by atoms with E-state index in [1.165, 1.54) is 0 Å². The number of ether oxygens (including phenoxy) is 1. The number of carbonyl (C=O) groups is 2. The zero-order chi connectivity index (χ0) is 12.3. The smallest absolute Gasteiger partial charge is 0.146 e. The molecule has 0 spiro atoms. The summed E-state index contributed by atoms with van der Waals surface area (Å²) in [6.45, 7) is 0.341. The van der Waals surface area contributed by atoms with Gasteiger partial charge in [0.25, 0.3) is 0 Å². The van der Waals surface area contributed by atoms with Gasteiger partial charge in [-0.15, -0.1) is 0 Å². The second-order valence-corrected chi connectivity index (χ2v) is 4.62. The third-order valence-corrected chi connectivity index (χ3v) is 3.12. The van der Waals surface area contributed by atoms with Crippen molar-refractivity contribution in [2.45, 2.75) is 19.3 Å². The highest BCUT2D eigenvalue weighted by molar-refractivity contribution is 6.30. The maximum atomic E-state index is 11.6. The molecule has 0 heterocycles. The summed E-state index contributed by atoms with van der Waals surface area (Å²) in [4.78, 5) is 22.6. The van der Waals surface area contributed by atoms with Gasteiger partial charge in [-0.05, 0) is 30.7 Å². The van der Waals surface area contributed by atoms with Gasteiger partial charge in [0.15, 0.2) is 0 Å². The van der Waals surface area contributed by atoms with Crippen LogP contribution < -0.4 is 4.74 Å². The highest BCUT2D eigenvalue weighted by atomic mass is 35.5. The molecule has 2 rings (SSSR count). The van der Waals surface area contributed by atoms with Crippen molar-refractivity contribution in [2.24, 2.45) is 5.92 Å². The molecule has 1 fully saturated rings. The van der Waals surface area contributed by atoms with E-state index in [9.17, 15) is 9.59 Å². The molecule has 1 aliphatic carbocycles. The van der Waals surface area contributed by atoms with E-state index >= 15 is 0 Å². The number of rotatable bonds is 3. The van der Waals surface area contributed by atoms with Gasteiger partial charge in [-0.25, -0.2) is 0 Å². The van der Waals surface area contributed by atoms with E-state index in [-0.39, 0.29) is 23.9 Å². The number of hydrogen-bond donors (Lipinski definition) is 0. The molecule has 0 aromatic heterocycles. The Kier molecular flexibility index (Phi) is 3.79. The predicted octanol–water partition coefficient (Wildman–Crippen LogP) is 2.66. The van der Waals surface area contributed by atoms with Crippen LogP contribution in [0.2, 0.25) is 5.02 Å². The van der Waals surface area contributed by atoms with Crippen LogP contribution in [-0.4, -0.2) is 18.2 Å². The van der Waals surface area contributed by atoms with Crippen molar-refractivity contribution in [3.05, 3.63) is 29.3 Å². The average Bonchev–Trinajstić information content (AvgIpc) is 2.30. The SMILES string of the molecule is O=C1CCC(COc2ccc(Cl)cc2)C(=O)C1. The van der Waals surface area contributed by atoms with Crippen LogP contribution in [-0.2, 0) is 9.59 Å². The molecule has 1 aromatic rings. The van der Waals surface area contributed by atoms with E-state index in [2.05, 4.69) is 0 Å². The molecule has 1 aliphatic rings. The molecule has 0 amide bonds. The minimum atomic E-state index is -0.150. The van der Waals surface area contributed by atoms with Gasteiger partial charge in [-0.3, -0.25) is 9.59 Å². The Morgan fingerprint density at radius 3 is 2.59 bits per heavy atom. The number of halogens is 1. The van der Waals surface area contributed by atoms with E-state index in [1.54, 1.807) is 24.3 Å². The van der Waals surface area contributed by atoms with Crippen LogP contribution in [0.3, 0.4) is 0 Å². The zero-order valence-corrected chi connectivity index (χ0v) is 10.1. The van der Waals surface area contributed by atoms with Crippen LogP contribution in [0.1, 0.15) is 19.3 Å². The summed E-state index contributed by atoms with van der Waals surface area (Å²) < 4.78 is 5.52. The summed E-state index contributed by atoms with van der Waals surface area (Å²) in [5, 5.41) is 0.650. The third kappa shape index (κ3) is 3.30. The van der Waals surface area contributed by atoms with Gasteiger partial charge in [0.1, 0.15) is 17.3 Å². The second kappa shape index (κ2) is 5.32. The number of hydrogen-bond acceptors (Lipinski definition) is 3. The molecule has 3 nitrogen and oxygen atoms in total. The molecule has 0 N–H and O–H groups in total. The van der Waals surface area contributed by atoms with Gasteiger partial charge >= 0.3 is 0 Å². The summed E-state index contributed by atoms with van der Waals surface area (Å²) in [6, 6.07) is 7.01. The lowest BCUT2D eigenvalue weighted by Gasteiger charge is -2.19. The summed E-state index contributed by atoms with van der Waals surface area (Å²) in [5.74, 6) is 0.579. The minimum absolute atomic E-state index is 0.00443. The fourth-order valence-corrected chi connectivity index (χ4v) is 1.95. The molecule has 1 aromatic carbocycles. The first-order valence-corrected chi connectivity index (χ1v) is 5.96. The first-order valence-electron chi connectivity index (χ1n) is 5.58. The molecule has 1 atom stereocenters. The lowest BCUT2D eigenvalue weighted by atomic mass is 9.88. The lowest BCUT2D eigenvalue weighted by Crippen LogP contribution is -2.29. The van der Waals surface area contributed by atoms with E-state index in [0.29, 0.717) is 30.2 Å². The third-order valence-electron chi connectivity index (χ3n) is 2.86. The maximum Gasteiger partial charge on any atom is 0.146 e. The zero-order valence-electron chi connectivity index (χ0n) is 9.32. The van der Waals surface area contributed by atoms with E-state index in [1.807, 2.05) is 0 Å². The van der Waals surface area contributed by atoms with Gasteiger partial charge < -0.3 is 4.74 Å². The van der Waals surface area contributed by atoms with E-state index < -0.39 is 0 Å². The lowest BCUT2D eigenvalue weighted by molar-refractivity contribution is -0.133. The standard InChI is InChI=1S/C13H13ClO3/c14-10-2-5-12(6-3-10)17-8-9-1-4-11(15)7-13(9)16/h2-3,5-6,9H,1,4,7-8H2. The van der Waals surface area contributed by atoms with Crippen molar-refractivity contribution in [1.82, 2.24) is 0 Å². The van der Waals surface area contributed by atoms with E-state index in [4.69, 9.17) is 16.3 Å². The Morgan fingerprint density at radius 1 is 1.24 bits per heavy atom. The summed E-state index contributed by atoms with van der Waals surface area (Å²) in [5.41, 5.74) is 0. The van der Waals surface area contributed by atoms with Crippen LogP contribution in [0, 0.1) is 5.92 Å². The van der Waals surface area contributed by atoms with Crippen molar-refractivity contribution in [3.8, 4) is 5.75 Å². The first-order chi connectivity index (χ1) is 8.15. The molecule has 0 bridgehead atoms. The van der Waals surface area contributed by atoms with Crippen molar-refractivity contribution >= 4 is 23.2 Å². The molecule has 4 heteroatoms. The van der Waals surface area contributed by atoms with Crippen LogP contribution in [0.15, 0.2) is 24.3 Å². The monoisotopic (exact) mass is 252 g/mol. The number of ketones is 2. The van der Waals surface area contributed by atoms with Gasteiger partial charge in [-0.2, -0.15) is 0 Å². The topological polar surface area (TPSA) is 43.4 Å². The molecule has 0 saturated heterocycles. The first kappa shape index (κ1) is 12.1. The molecular formula is C13H13ClO3. The molecule has 0 aliphatic heterocycles. The molecule has 90 valence electrons. The molecule has 0 radical (unpaired) electrons. The Bertz CT molecular complexity index is 425. The summed E-state index contributed by atoms with van der Waals surface area (Å²) >= 11 is 5.75. The molecule has 1 saturated carbocycles. The normalized spacial score (nSPS) is 20.4. The molecule has 1 unspecified atom stereocenters. The Morgan fingerprint density at radius 2 is 1.94 bits per heavy atom. The van der Waals surface area contributed by atoms with Crippen LogP contribution in [0.4, 0.5) is 0 Å². The summed E-state index contributed by atoms with van der Waals surface area (Å²) in [6.07, 6.45) is 1.15. The largest absolute Gasteiger partial charge is 0.493 e. The quantitative estimate of drug-likeness (QED) is 0.777. The fraction of sp³-hybridized carbons (Fsp3) is 0.385. The number of Topliss-reactive ketones (excluding diaryl/α,β-unsaturated/α-hetero) is 2. The minimum Gasteiger partial charge on any atom is -0.493 e. The van der Waals surface area contributed by atoms with E-state index in [0.717, 1.165) is 0 Å². The van der Waals surface area contributed by atoms with Crippen molar-refractivity contribution < 1.29 is 14.3 Å². The Balaban J connectivity index is 1.88. The molecular weight excluding hydrogens is 240 g/mol. The van der Waals surface area contributed by atoms with Crippen LogP contribution in [0.25, 0.3) is 0 Å². The van der Waals surface area contributed by atoms with Crippen LogP contribution >= 0.6 is 11.6 Å². The van der Waals surface area contributed by atoms with Gasteiger partial charge in [-0.1, -0.05) is 11.6 Å². The highest BCUT2D eigenvalue weighted by Gasteiger charge is 2.27. The maximum absolute atomic E-state index is 11.6. The summed E-state index contributed by atoms with van der Waals surface area (Å²) in [7, 11) is 0. The molecule has 17 heavy (non-hydrogen) atoms. The number of benzene rings is 1. The van der Waals surface area contributed by atoms with Crippen molar-refractivity contribution in [1.29, 1.82) is 0 Å².